The third-order valence-electron chi connectivity index (χ3n) is 3.01. The third kappa shape index (κ3) is 10.1. The lowest BCUT2D eigenvalue weighted by Crippen LogP contribution is -2.36. The van der Waals surface area contributed by atoms with E-state index in [0.29, 0.717) is 36.2 Å². The molecule has 0 aromatic carbocycles. The van der Waals surface area contributed by atoms with E-state index in [-0.39, 0.29) is 5.91 Å². The molecule has 0 aromatic heterocycles. The van der Waals surface area contributed by atoms with Crippen LogP contribution in [0.5, 0.6) is 0 Å². The lowest BCUT2D eigenvalue weighted by Gasteiger charge is -2.26. The second kappa shape index (κ2) is 10.1. The Morgan fingerprint density at radius 2 is 1.55 bits per heavy atom. The number of carbonyl (C=O) groups excluding carboxylic acids is 1. The molecule has 0 aliphatic heterocycles. The van der Waals surface area contributed by atoms with E-state index in [1.807, 2.05) is 7.05 Å². The predicted octanol–water partition coefficient (Wildman–Crippen LogP) is 2.13. The highest BCUT2D eigenvalue weighted by molar-refractivity contribution is 7.80. The topological polar surface area (TPSA) is 49.6 Å². The van der Waals surface area contributed by atoms with Gasteiger partial charge < -0.3 is 15.5 Å². The van der Waals surface area contributed by atoms with Crippen LogP contribution < -0.4 is 5.73 Å². The maximum atomic E-state index is 12.0. The highest BCUT2D eigenvalue weighted by Gasteiger charge is 2.14. The number of carbonyl (C=O) groups is 1. The molecule has 0 unspecified atom stereocenters. The zero-order valence-corrected chi connectivity index (χ0v) is 14.5. The van der Waals surface area contributed by atoms with Crippen LogP contribution in [0.4, 0.5) is 0 Å². The molecule has 0 bridgehead atoms. The van der Waals surface area contributed by atoms with Crippen molar-refractivity contribution >= 4 is 23.1 Å². The summed E-state index contributed by atoms with van der Waals surface area (Å²) in [4.78, 5) is 16.6. The smallest absolute Gasteiger partial charge is 0.223 e. The number of thiocarbonyl (C=S) groups is 1. The first-order chi connectivity index (χ1) is 9.22. The Kier molecular flexibility index (Phi) is 9.76. The Balaban J connectivity index is 4.17. The summed E-state index contributed by atoms with van der Waals surface area (Å²) in [5.41, 5.74) is 5.46. The summed E-state index contributed by atoms with van der Waals surface area (Å²) >= 11 is 4.83. The molecule has 1 amide bonds. The number of rotatable bonds is 10. The van der Waals surface area contributed by atoms with Gasteiger partial charge in [-0.25, -0.2) is 0 Å². The van der Waals surface area contributed by atoms with Crippen molar-refractivity contribution in [1.29, 1.82) is 0 Å². The van der Waals surface area contributed by atoms with Crippen molar-refractivity contribution in [2.45, 2.75) is 40.5 Å². The fraction of sp³-hybridized carbons (Fsp3) is 0.867. The van der Waals surface area contributed by atoms with E-state index < -0.39 is 0 Å². The number of nitrogens with zero attached hydrogens (tertiary/aromatic N) is 2. The van der Waals surface area contributed by atoms with Crippen LogP contribution in [0.3, 0.4) is 0 Å². The molecular formula is C15H31N3OS. The monoisotopic (exact) mass is 301 g/mol. The summed E-state index contributed by atoms with van der Waals surface area (Å²) in [6, 6.07) is 0. The first-order valence-electron chi connectivity index (χ1n) is 7.47. The van der Waals surface area contributed by atoms with Gasteiger partial charge in [0, 0.05) is 46.1 Å². The van der Waals surface area contributed by atoms with Crippen molar-refractivity contribution in [2.24, 2.45) is 17.6 Å². The first kappa shape index (κ1) is 19.3. The van der Waals surface area contributed by atoms with E-state index in [1.165, 1.54) is 0 Å². The quantitative estimate of drug-likeness (QED) is 0.628. The summed E-state index contributed by atoms with van der Waals surface area (Å²) in [5.74, 6) is 1.41. The Bertz CT molecular complexity index is 295. The molecule has 0 aromatic rings. The molecule has 118 valence electrons. The molecule has 0 aliphatic carbocycles. The first-order valence-corrected chi connectivity index (χ1v) is 7.87. The van der Waals surface area contributed by atoms with Crippen LogP contribution >= 0.6 is 12.2 Å². The summed E-state index contributed by atoms with van der Waals surface area (Å²) in [6.45, 7) is 12.4. The lowest BCUT2D eigenvalue weighted by molar-refractivity contribution is -0.130. The minimum Gasteiger partial charge on any atom is -0.393 e. The normalized spacial score (nSPS) is 11.4. The van der Waals surface area contributed by atoms with E-state index in [2.05, 4.69) is 32.6 Å². The molecule has 20 heavy (non-hydrogen) atoms. The van der Waals surface area contributed by atoms with E-state index in [4.69, 9.17) is 18.0 Å². The van der Waals surface area contributed by atoms with Gasteiger partial charge in [-0.3, -0.25) is 4.79 Å². The van der Waals surface area contributed by atoms with E-state index >= 15 is 0 Å². The summed E-state index contributed by atoms with van der Waals surface area (Å²) < 4.78 is 0. The Morgan fingerprint density at radius 1 is 1.05 bits per heavy atom. The zero-order valence-electron chi connectivity index (χ0n) is 13.7. The maximum absolute atomic E-state index is 12.0. The standard InChI is InChI=1S/C15H31N3OS/c1-12(2)10-18(11-13(3)4)9-7-15(19)17(5)8-6-14(16)20/h12-13H,6-11H2,1-5H3,(H2,16,20). The van der Waals surface area contributed by atoms with Gasteiger partial charge in [0.1, 0.15) is 0 Å². The predicted molar refractivity (Wildman–Crippen MR) is 89.8 cm³/mol. The van der Waals surface area contributed by atoms with E-state index in [1.54, 1.807) is 4.90 Å². The SMILES string of the molecule is CC(C)CN(CCC(=O)N(C)CCC(N)=S)CC(C)C. The molecule has 4 nitrogen and oxygen atoms in total. The molecule has 0 saturated heterocycles. The Hall–Kier alpha value is -0.680. The highest BCUT2D eigenvalue weighted by Crippen LogP contribution is 2.05. The van der Waals surface area contributed by atoms with E-state index in [0.717, 1.165) is 19.6 Å². The minimum atomic E-state index is 0.166. The highest BCUT2D eigenvalue weighted by atomic mass is 32.1. The van der Waals surface area contributed by atoms with Crippen molar-refractivity contribution in [3.8, 4) is 0 Å². The fourth-order valence-corrected chi connectivity index (χ4v) is 2.23. The van der Waals surface area contributed by atoms with Gasteiger partial charge in [0.25, 0.3) is 0 Å². The second-order valence-electron chi connectivity index (χ2n) is 6.33. The Labute approximate surface area is 129 Å². The van der Waals surface area contributed by atoms with Crippen LogP contribution in [0.2, 0.25) is 0 Å². The molecule has 5 heteroatoms. The van der Waals surface area contributed by atoms with Crippen LogP contribution in [0, 0.1) is 11.8 Å². The number of amides is 1. The van der Waals surface area contributed by atoms with Crippen LogP contribution in [-0.4, -0.2) is 53.9 Å². The molecule has 0 atom stereocenters. The maximum Gasteiger partial charge on any atom is 0.223 e. The summed E-state index contributed by atoms with van der Waals surface area (Å²) in [5, 5.41) is 0. The van der Waals surface area contributed by atoms with Crippen molar-refractivity contribution in [3.05, 3.63) is 0 Å². The molecule has 0 rings (SSSR count). The van der Waals surface area contributed by atoms with Crippen molar-refractivity contribution in [2.75, 3.05) is 33.2 Å². The van der Waals surface area contributed by atoms with E-state index in [9.17, 15) is 4.79 Å². The average Bonchev–Trinajstić information content (AvgIpc) is 2.31. The van der Waals surface area contributed by atoms with Crippen LogP contribution in [0.15, 0.2) is 0 Å². The molecule has 0 aliphatic rings. The number of hydrogen-bond donors (Lipinski definition) is 1. The number of nitrogens with two attached hydrogens (primary N) is 1. The lowest BCUT2D eigenvalue weighted by atomic mass is 10.1. The minimum absolute atomic E-state index is 0.166. The van der Waals surface area contributed by atoms with Gasteiger partial charge in [-0.1, -0.05) is 39.9 Å². The van der Waals surface area contributed by atoms with Gasteiger partial charge >= 0.3 is 0 Å². The van der Waals surface area contributed by atoms with Crippen LogP contribution in [0.1, 0.15) is 40.5 Å². The summed E-state index contributed by atoms with van der Waals surface area (Å²) in [7, 11) is 1.82. The second-order valence-corrected chi connectivity index (χ2v) is 6.85. The zero-order chi connectivity index (χ0) is 15.7. The third-order valence-corrected chi connectivity index (χ3v) is 3.21. The molecule has 0 spiro atoms. The fourth-order valence-electron chi connectivity index (χ4n) is 2.14. The van der Waals surface area contributed by atoms with Crippen molar-refractivity contribution < 1.29 is 4.79 Å². The largest absolute Gasteiger partial charge is 0.393 e. The van der Waals surface area contributed by atoms with Gasteiger partial charge in [-0.2, -0.15) is 0 Å². The Morgan fingerprint density at radius 3 is 1.95 bits per heavy atom. The average molecular weight is 302 g/mol. The summed E-state index contributed by atoms with van der Waals surface area (Å²) in [6.07, 6.45) is 1.16. The number of hydrogen-bond acceptors (Lipinski definition) is 3. The van der Waals surface area contributed by atoms with Gasteiger partial charge in [0.15, 0.2) is 0 Å². The molecule has 0 saturated carbocycles. The molecule has 0 heterocycles. The molecule has 0 fully saturated rings. The van der Waals surface area contributed by atoms with Gasteiger partial charge in [0.2, 0.25) is 5.91 Å². The van der Waals surface area contributed by atoms with Gasteiger partial charge in [-0.15, -0.1) is 0 Å². The molecule has 2 N–H and O–H groups in total. The van der Waals surface area contributed by atoms with Crippen molar-refractivity contribution in [1.82, 2.24) is 9.80 Å². The van der Waals surface area contributed by atoms with Crippen molar-refractivity contribution in [3.63, 3.8) is 0 Å². The van der Waals surface area contributed by atoms with Gasteiger partial charge in [-0.05, 0) is 11.8 Å². The van der Waals surface area contributed by atoms with Gasteiger partial charge in [0.05, 0.1) is 4.99 Å². The van der Waals surface area contributed by atoms with Crippen LogP contribution in [-0.2, 0) is 4.79 Å². The molecule has 0 radical (unpaired) electrons. The van der Waals surface area contributed by atoms with Crippen LogP contribution in [0.25, 0.3) is 0 Å². The molecular weight excluding hydrogens is 270 g/mol.